The molecule has 0 aromatic heterocycles. The van der Waals surface area contributed by atoms with Gasteiger partial charge >= 0.3 is 194 Å². The van der Waals surface area contributed by atoms with Crippen molar-refractivity contribution >= 4 is 37.1 Å². The van der Waals surface area contributed by atoms with E-state index < -0.39 is 50.7 Å². The number of likely N-dealkylation sites (N-methyl/N-ethyl adjacent to an activating group) is 1. The van der Waals surface area contributed by atoms with Crippen LogP contribution in [0.3, 0.4) is 0 Å². The molecule has 8 nitrogen and oxygen atoms in total. The normalized spacial score (nSPS) is 13.7. The molecule has 2 rings (SSSR count). The molecule has 170 valence electrons. The van der Waals surface area contributed by atoms with E-state index in [2.05, 4.69) is 0 Å². The zero-order chi connectivity index (χ0) is 23.7. The van der Waals surface area contributed by atoms with Gasteiger partial charge in [-0.25, -0.2) is 0 Å². The van der Waals surface area contributed by atoms with E-state index in [1.807, 2.05) is 48.5 Å². The van der Waals surface area contributed by atoms with Gasteiger partial charge in [-0.05, 0) is 0 Å². The third-order valence-corrected chi connectivity index (χ3v) is 6.72. The van der Waals surface area contributed by atoms with Crippen LogP contribution in [0.5, 0.6) is 0 Å². The molecule has 32 heavy (non-hydrogen) atoms. The number of rotatable bonds is 10. The topological polar surface area (TPSA) is 117 Å². The van der Waals surface area contributed by atoms with Gasteiger partial charge in [-0.15, -0.1) is 0 Å². The fraction of sp³-hybridized carbons (Fsp3) is 0.304. The first-order chi connectivity index (χ1) is 15.2. The number of carboxylic acids is 1. The van der Waals surface area contributed by atoms with Crippen molar-refractivity contribution in [2.45, 2.75) is 38.5 Å². The minimum absolute atomic E-state index is 0.0884. The Morgan fingerprint density at radius 1 is 1.00 bits per heavy atom. The van der Waals surface area contributed by atoms with Crippen molar-refractivity contribution in [3.63, 3.8) is 0 Å². The number of nitrogens with zero attached hydrogens (tertiary/aromatic N) is 1. The summed E-state index contributed by atoms with van der Waals surface area (Å²) in [5.41, 5.74) is 1.60. The molecule has 2 N–H and O–H groups in total. The second-order valence-electron chi connectivity index (χ2n) is 7.17. The second kappa shape index (κ2) is 12.1. The van der Waals surface area contributed by atoms with Gasteiger partial charge in [0.1, 0.15) is 0 Å². The summed E-state index contributed by atoms with van der Waals surface area (Å²) in [5.74, 6) is -2.14. The number of benzene rings is 2. The molecule has 0 amide bonds. The molecule has 0 saturated carbocycles. The van der Waals surface area contributed by atoms with Crippen LogP contribution in [0.2, 0.25) is 0 Å². The van der Waals surface area contributed by atoms with Crippen LogP contribution in [0.4, 0.5) is 4.79 Å². The zero-order valence-electron chi connectivity index (χ0n) is 18.1. The molecule has 0 saturated heterocycles. The van der Waals surface area contributed by atoms with Gasteiger partial charge in [0.15, 0.2) is 0 Å². The van der Waals surface area contributed by atoms with Gasteiger partial charge in [-0.2, -0.15) is 0 Å². The van der Waals surface area contributed by atoms with E-state index in [0.29, 0.717) is 0 Å². The van der Waals surface area contributed by atoms with Crippen LogP contribution in [0, 0.1) is 5.41 Å². The molecule has 0 aliphatic carbocycles. The van der Waals surface area contributed by atoms with Crippen LogP contribution in [-0.4, -0.2) is 66.5 Å². The van der Waals surface area contributed by atoms with Crippen LogP contribution < -0.4 is 0 Å². The second-order valence-corrected chi connectivity index (χ2v) is 9.55. The molecular formula is C23H27AsN2O6. The molecule has 0 radical (unpaired) electrons. The van der Waals surface area contributed by atoms with Crippen molar-refractivity contribution in [2.75, 3.05) is 7.05 Å². The SMILES string of the molecule is CC(OC(=O)[AsH]C(=N)N(C)C(Cc1ccccc1)C(=O)O)OC(=O)C(C)c1ccccc1. The Kier molecular flexibility index (Phi) is 9.47. The van der Waals surface area contributed by atoms with E-state index in [1.165, 1.54) is 18.9 Å². The van der Waals surface area contributed by atoms with Crippen LogP contribution in [0.25, 0.3) is 0 Å². The van der Waals surface area contributed by atoms with Crippen molar-refractivity contribution in [3.8, 4) is 0 Å². The zero-order valence-corrected chi connectivity index (χ0v) is 20.2. The number of carbonyl (C=O) groups excluding carboxylic acids is 2. The average molecular weight is 502 g/mol. The Morgan fingerprint density at radius 2 is 1.56 bits per heavy atom. The first-order valence-electron chi connectivity index (χ1n) is 10.00. The Labute approximate surface area is 193 Å². The van der Waals surface area contributed by atoms with Crippen LogP contribution in [0.15, 0.2) is 60.7 Å². The van der Waals surface area contributed by atoms with Crippen LogP contribution >= 0.6 is 0 Å². The third-order valence-electron chi connectivity index (χ3n) is 4.81. The number of amidine groups is 1. The molecule has 0 aliphatic rings. The molecule has 4 unspecified atom stereocenters. The fourth-order valence-corrected chi connectivity index (χ4v) is 4.49. The summed E-state index contributed by atoms with van der Waals surface area (Å²) in [5, 5.41) is 17.8. The number of nitrogens with one attached hydrogen (secondary N) is 1. The van der Waals surface area contributed by atoms with Gasteiger partial charge in [-0.3, -0.25) is 0 Å². The quantitative estimate of drug-likeness (QED) is 0.169. The van der Waals surface area contributed by atoms with Crippen molar-refractivity contribution < 1.29 is 29.0 Å². The number of ether oxygens (including phenoxy) is 2. The predicted molar refractivity (Wildman–Crippen MR) is 121 cm³/mol. The molecule has 4 atom stereocenters. The summed E-state index contributed by atoms with van der Waals surface area (Å²) < 4.78 is 9.59. The van der Waals surface area contributed by atoms with Gasteiger partial charge in [0, 0.05) is 0 Å². The summed E-state index contributed by atoms with van der Waals surface area (Å²) in [6.07, 6.45) is -0.913. The van der Waals surface area contributed by atoms with Crippen LogP contribution in [0.1, 0.15) is 30.9 Å². The van der Waals surface area contributed by atoms with Crippen molar-refractivity contribution in [1.82, 2.24) is 4.90 Å². The standard InChI is InChI=1S/C23H27AsN2O6/c1-15(18-12-8-5-9-13-18)21(29)31-16(2)32-23(30)24-22(25)26(3)19(20(27)28)14-17-10-6-4-7-11-17/h4-13,15-16,19,24-25H,14H2,1-3H3,(H,27,28). The van der Waals surface area contributed by atoms with E-state index in [-0.39, 0.29) is 11.0 Å². The van der Waals surface area contributed by atoms with Crippen molar-refractivity contribution in [3.05, 3.63) is 71.8 Å². The van der Waals surface area contributed by atoms with Gasteiger partial charge in [0.05, 0.1) is 0 Å². The summed E-state index contributed by atoms with van der Waals surface area (Å²) in [6.45, 7) is 3.13. The summed E-state index contributed by atoms with van der Waals surface area (Å²) in [6, 6.07) is 17.2. The molecule has 0 spiro atoms. The van der Waals surface area contributed by atoms with E-state index in [0.717, 1.165) is 11.1 Å². The minimum atomic E-state index is -1.76. The molecule has 0 fully saturated rings. The maximum atomic E-state index is 12.3. The average Bonchev–Trinajstić information content (AvgIpc) is 2.77. The van der Waals surface area contributed by atoms with Gasteiger partial charge < -0.3 is 0 Å². The Morgan fingerprint density at radius 3 is 2.12 bits per heavy atom. The molecular weight excluding hydrogens is 475 g/mol. The predicted octanol–water partition coefficient (Wildman–Crippen LogP) is 2.81. The van der Waals surface area contributed by atoms with Gasteiger partial charge in [-0.1, -0.05) is 0 Å². The van der Waals surface area contributed by atoms with Gasteiger partial charge in [0.2, 0.25) is 0 Å². The number of aliphatic carboxylic acids is 1. The molecule has 0 aliphatic heterocycles. The third kappa shape index (κ3) is 7.53. The first-order valence-corrected chi connectivity index (χ1v) is 12.1. The fourth-order valence-electron chi connectivity index (χ4n) is 2.92. The number of esters is 1. The van der Waals surface area contributed by atoms with Crippen molar-refractivity contribution in [2.24, 2.45) is 0 Å². The summed E-state index contributed by atoms with van der Waals surface area (Å²) in [4.78, 5) is 37.6. The summed E-state index contributed by atoms with van der Waals surface area (Å²) in [7, 11) is 1.48. The first kappa shape index (κ1) is 25.1. The number of carboxylic acid groups (broad SMARTS) is 1. The Hall–Kier alpha value is -3.12. The summed E-state index contributed by atoms with van der Waals surface area (Å²) >= 11 is -1.76. The molecule has 2 aromatic carbocycles. The molecule has 0 bridgehead atoms. The number of hydrogen-bond donors (Lipinski definition) is 2. The number of hydrogen-bond acceptors (Lipinski definition) is 6. The van der Waals surface area contributed by atoms with Crippen molar-refractivity contribution in [1.29, 1.82) is 5.41 Å². The molecule has 2 aromatic rings. The van der Waals surface area contributed by atoms with Gasteiger partial charge in [0.25, 0.3) is 0 Å². The molecule has 0 heterocycles. The maximum absolute atomic E-state index is 12.3. The van der Waals surface area contributed by atoms with E-state index >= 15 is 0 Å². The van der Waals surface area contributed by atoms with E-state index in [9.17, 15) is 19.5 Å². The van der Waals surface area contributed by atoms with E-state index in [1.54, 1.807) is 19.1 Å². The Balaban J connectivity index is 1.88. The Bertz CT molecular complexity index is 938. The van der Waals surface area contributed by atoms with E-state index in [4.69, 9.17) is 14.9 Å². The monoisotopic (exact) mass is 502 g/mol. The van der Waals surface area contributed by atoms with Crippen LogP contribution in [-0.2, 0) is 25.5 Å². The number of carbonyl (C=O) groups is 3. The molecule has 9 heteroatoms.